The van der Waals surface area contributed by atoms with Crippen molar-refractivity contribution >= 4 is 23.7 Å². The number of Topliss-reactive ketones (excluding diaryl/α,β-unsaturated/α-hetero) is 1. The van der Waals surface area contributed by atoms with E-state index < -0.39 is 48.6 Å². The molecule has 3 aromatic carbocycles. The maximum atomic E-state index is 13.3. The Labute approximate surface area is 243 Å². The second-order valence-corrected chi connectivity index (χ2v) is 9.69. The van der Waals surface area contributed by atoms with Gasteiger partial charge < -0.3 is 33.6 Å². The molecule has 5 atom stereocenters. The van der Waals surface area contributed by atoms with Crippen LogP contribution in [0, 0.1) is 0 Å². The summed E-state index contributed by atoms with van der Waals surface area (Å²) in [7, 11) is 0. The van der Waals surface area contributed by atoms with Gasteiger partial charge in [-0.25, -0.2) is 9.59 Å². The number of hydrogen-bond acceptors (Lipinski definition) is 10. The monoisotopic (exact) mass is 576 g/mol. The summed E-state index contributed by atoms with van der Waals surface area (Å²) < 4.78 is 28.4. The Bertz CT molecular complexity index is 1330. The fourth-order valence-electron chi connectivity index (χ4n) is 4.29. The summed E-state index contributed by atoms with van der Waals surface area (Å²) in [6, 6.07) is 26.0. The number of aliphatic hydroxyl groups excluding tert-OH is 1. The normalized spacial score (nSPS) is 21.6. The standard InChI is InChI=1S/C32H32O10/c1-21(33)17-18-25(34)40-27-26(38-19-22-11-5-2-6-12-22)28(41-30(35)24-15-9-4-10-16-24)32(37)42-29(27)31(36)39-20-23-13-7-3-8-14-23/h2-16,26-29,32,37H,17-20H2,1H3/t26-,27-,28+,29-,32-/m0/s1. The number of aliphatic hydroxyl groups is 1. The molecular formula is C32H32O10. The zero-order valence-electron chi connectivity index (χ0n) is 23.0. The van der Waals surface area contributed by atoms with Crippen molar-refractivity contribution in [2.75, 3.05) is 0 Å². The Morgan fingerprint density at radius 2 is 1.29 bits per heavy atom. The van der Waals surface area contributed by atoms with Gasteiger partial charge in [0.25, 0.3) is 0 Å². The van der Waals surface area contributed by atoms with Crippen LogP contribution in [0.25, 0.3) is 0 Å². The van der Waals surface area contributed by atoms with Crippen molar-refractivity contribution in [2.24, 2.45) is 0 Å². The van der Waals surface area contributed by atoms with Gasteiger partial charge in [0.1, 0.15) is 18.5 Å². The van der Waals surface area contributed by atoms with Crippen LogP contribution < -0.4 is 0 Å². The lowest BCUT2D eigenvalue weighted by atomic mass is 9.97. The first-order valence-corrected chi connectivity index (χ1v) is 13.5. The molecule has 1 aliphatic heterocycles. The maximum Gasteiger partial charge on any atom is 0.339 e. The van der Waals surface area contributed by atoms with Crippen molar-refractivity contribution in [3.05, 3.63) is 108 Å². The van der Waals surface area contributed by atoms with Gasteiger partial charge >= 0.3 is 17.9 Å². The van der Waals surface area contributed by atoms with Crippen molar-refractivity contribution in [3.63, 3.8) is 0 Å². The molecule has 4 rings (SSSR count). The minimum Gasteiger partial charge on any atom is -0.459 e. The van der Waals surface area contributed by atoms with E-state index in [0.717, 1.165) is 5.56 Å². The molecule has 42 heavy (non-hydrogen) atoms. The highest BCUT2D eigenvalue weighted by atomic mass is 16.7. The zero-order chi connectivity index (χ0) is 29.9. The van der Waals surface area contributed by atoms with E-state index in [9.17, 15) is 24.3 Å². The number of hydrogen-bond donors (Lipinski definition) is 1. The van der Waals surface area contributed by atoms with Crippen molar-refractivity contribution in [2.45, 2.75) is 63.7 Å². The topological polar surface area (TPSA) is 135 Å². The van der Waals surface area contributed by atoms with E-state index in [1.807, 2.05) is 12.1 Å². The molecule has 1 saturated heterocycles. The van der Waals surface area contributed by atoms with Crippen LogP contribution in [0.5, 0.6) is 0 Å². The summed E-state index contributed by atoms with van der Waals surface area (Å²) >= 11 is 0. The molecule has 10 heteroatoms. The number of rotatable bonds is 12. The first kappa shape index (κ1) is 30.6. The number of ketones is 1. The van der Waals surface area contributed by atoms with Crippen LogP contribution >= 0.6 is 0 Å². The van der Waals surface area contributed by atoms with Gasteiger partial charge in [0.2, 0.25) is 0 Å². The van der Waals surface area contributed by atoms with Gasteiger partial charge in [0, 0.05) is 6.42 Å². The molecule has 1 N–H and O–H groups in total. The molecule has 0 bridgehead atoms. The van der Waals surface area contributed by atoms with E-state index in [1.54, 1.807) is 66.7 Å². The first-order valence-electron chi connectivity index (χ1n) is 13.5. The summed E-state index contributed by atoms with van der Waals surface area (Å²) in [4.78, 5) is 50.5. The Kier molecular flexibility index (Phi) is 10.9. The fourth-order valence-corrected chi connectivity index (χ4v) is 4.29. The lowest BCUT2D eigenvalue weighted by Gasteiger charge is -2.42. The fraction of sp³-hybridized carbons (Fsp3) is 0.312. The predicted molar refractivity (Wildman–Crippen MR) is 148 cm³/mol. The van der Waals surface area contributed by atoms with Gasteiger partial charge in [-0.1, -0.05) is 78.9 Å². The molecule has 0 aliphatic carbocycles. The smallest absolute Gasteiger partial charge is 0.339 e. The van der Waals surface area contributed by atoms with Gasteiger partial charge in [-0.05, 0) is 30.2 Å². The van der Waals surface area contributed by atoms with E-state index in [2.05, 4.69) is 0 Å². The maximum absolute atomic E-state index is 13.3. The van der Waals surface area contributed by atoms with E-state index in [1.165, 1.54) is 19.1 Å². The highest BCUT2D eigenvalue weighted by Crippen LogP contribution is 2.30. The van der Waals surface area contributed by atoms with Gasteiger partial charge in [-0.3, -0.25) is 4.79 Å². The van der Waals surface area contributed by atoms with Crippen LogP contribution in [-0.2, 0) is 51.3 Å². The van der Waals surface area contributed by atoms with Gasteiger partial charge in [-0.2, -0.15) is 0 Å². The molecule has 0 unspecified atom stereocenters. The molecule has 1 fully saturated rings. The Morgan fingerprint density at radius 1 is 0.714 bits per heavy atom. The van der Waals surface area contributed by atoms with Crippen LogP contribution in [0.4, 0.5) is 0 Å². The highest BCUT2D eigenvalue weighted by Gasteiger charge is 2.53. The van der Waals surface area contributed by atoms with Crippen molar-refractivity contribution < 1.29 is 48.0 Å². The highest BCUT2D eigenvalue weighted by molar-refractivity contribution is 5.89. The summed E-state index contributed by atoms with van der Waals surface area (Å²) in [6.07, 6.45) is -8.15. The number of benzene rings is 3. The predicted octanol–water partition coefficient (Wildman–Crippen LogP) is 3.54. The average Bonchev–Trinajstić information content (AvgIpc) is 3.01. The van der Waals surface area contributed by atoms with Crippen molar-refractivity contribution in [1.29, 1.82) is 0 Å². The van der Waals surface area contributed by atoms with Crippen LogP contribution in [-0.4, -0.2) is 59.5 Å². The molecular weight excluding hydrogens is 544 g/mol. The molecule has 10 nitrogen and oxygen atoms in total. The molecule has 1 aliphatic rings. The van der Waals surface area contributed by atoms with Crippen LogP contribution in [0.2, 0.25) is 0 Å². The molecule has 0 aromatic heterocycles. The molecule has 220 valence electrons. The van der Waals surface area contributed by atoms with Crippen LogP contribution in [0.3, 0.4) is 0 Å². The van der Waals surface area contributed by atoms with E-state index >= 15 is 0 Å². The Balaban J connectivity index is 1.62. The second-order valence-electron chi connectivity index (χ2n) is 9.69. The van der Waals surface area contributed by atoms with Gasteiger partial charge in [0.15, 0.2) is 24.6 Å². The number of carbonyl (C=O) groups excluding carboxylic acids is 4. The van der Waals surface area contributed by atoms with E-state index in [0.29, 0.717) is 5.56 Å². The molecule has 0 radical (unpaired) electrons. The lowest BCUT2D eigenvalue weighted by molar-refractivity contribution is -0.292. The average molecular weight is 577 g/mol. The second kappa shape index (κ2) is 15.0. The third-order valence-electron chi connectivity index (χ3n) is 6.46. The first-order chi connectivity index (χ1) is 20.3. The molecule has 0 amide bonds. The van der Waals surface area contributed by atoms with Crippen LogP contribution in [0.1, 0.15) is 41.3 Å². The van der Waals surface area contributed by atoms with Crippen molar-refractivity contribution in [3.8, 4) is 0 Å². The summed E-state index contributed by atoms with van der Waals surface area (Å²) in [6.45, 7) is 1.19. The van der Waals surface area contributed by atoms with Gasteiger partial charge in [0.05, 0.1) is 18.6 Å². The number of esters is 3. The minimum absolute atomic E-state index is 0.0368. The van der Waals surface area contributed by atoms with Crippen LogP contribution in [0.15, 0.2) is 91.0 Å². The summed E-state index contributed by atoms with van der Waals surface area (Å²) in [5, 5.41) is 11.0. The molecule has 1 heterocycles. The number of carbonyl (C=O) groups is 4. The summed E-state index contributed by atoms with van der Waals surface area (Å²) in [5.41, 5.74) is 1.63. The summed E-state index contributed by atoms with van der Waals surface area (Å²) in [5.74, 6) is -2.75. The SMILES string of the molecule is CC(=O)CCC(=O)O[C@H]1[C@H](OCc2ccccc2)[C@@H](OC(=O)c2ccccc2)[C@@H](O)O[C@@H]1C(=O)OCc1ccccc1. The van der Waals surface area contributed by atoms with Crippen molar-refractivity contribution in [1.82, 2.24) is 0 Å². The third-order valence-corrected chi connectivity index (χ3v) is 6.46. The largest absolute Gasteiger partial charge is 0.459 e. The van der Waals surface area contributed by atoms with E-state index in [-0.39, 0.29) is 37.4 Å². The lowest BCUT2D eigenvalue weighted by Crippen LogP contribution is -2.63. The molecule has 0 saturated carbocycles. The quantitative estimate of drug-likeness (QED) is 0.252. The third kappa shape index (κ3) is 8.56. The zero-order valence-corrected chi connectivity index (χ0v) is 23.0. The Morgan fingerprint density at radius 3 is 1.88 bits per heavy atom. The van der Waals surface area contributed by atoms with Gasteiger partial charge in [-0.15, -0.1) is 0 Å². The molecule has 0 spiro atoms. The Hall–Kier alpha value is -4.38. The van der Waals surface area contributed by atoms with E-state index in [4.69, 9.17) is 23.7 Å². The minimum atomic E-state index is -1.83. The molecule has 3 aromatic rings. The number of ether oxygens (including phenoxy) is 5.